The highest BCUT2D eigenvalue weighted by atomic mass is 32.1. The molecule has 0 aliphatic carbocycles. The summed E-state index contributed by atoms with van der Waals surface area (Å²) in [5, 5.41) is 5.77. The van der Waals surface area contributed by atoms with Gasteiger partial charge in [-0.05, 0) is 48.5 Å². The lowest BCUT2D eigenvalue weighted by atomic mass is 10.1. The number of nitrogens with one attached hydrogen (secondary N) is 1. The lowest BCUT2D eigenvalue weighted by molar-refractivity contribution is -0.116. The molecule has 7 heteroatoms. The van der Waals surface area contributed by atoms with Crippen molar-refractivity contribution in [2.45, 2.75) is 12.8 Å². The van der Waals surface area contributed by atoms with E-state index in [0.29, 0.717) is 17.0 Å². The maximum absolute atomic E-state index is 12.4. The number of pyridine rings is 1. The van der Waals surface area contributed by atoms with Crippen LogP contribution < -0.4 is 10.1 Å². The first-order chi connectivity index (χ1) is 15.6. The van der Waals surface area contributed by atoms with Gasteiger partial charge in [-0.3, -0.25) is 14.6 Å². The van der Waals surface area contributed by atoms with Gasteiger partial charge in [-0.25, -0.2) is 4.98 Å². The third kappa shape index (κ3) is 5.25. The zero-order chi connectivity index (χ0) is 22.3. The first kappa shape index (κ1) is 21.4. The molecule has 2 aromatic heterocycles. The molecule has 0 radical (unpaired) electrons. The molecule has 0 saturated carbocycles. The van der Waals surface area contributed by atoms with Crippen molar-refractivity contribution in [1.29, 1.82) is 0 Å². The van der Waals surface area contributed by atoms with Gasteiger partial charge in [-0.1, -0.05) is 12.1 Å². The van der Waals surface area contributed by atoms with Gasteiger partial charge in [-0.15, -0.1) is 11.3 Å². The number of methoxy groups -OCH3 is 1. The number of ketones is 1. The topological polar surface area (TPSA) is 81.2 Å². The van der Waals surface area contributed by atoms with Crippen LogP contribution in [-0.4, -0.2) is 28.8 Å². The number of benzene rings is 2. The molecule has 32 heavy (non-hydrogen) atoms. The third-order valence-electron chi connectivity index (χ3n) is 4.86. The average molecular weight is 444 g/mol. The fraction of sp³-hybridized carbons (Fsp3) is 0.120. The van der Waals surface area contributed by atoms with Gasteiger partial charge in [-0.2, -0.15) is 0 Å². The van der Waals surface area contributed by atoms with Crippen molar-refractivity contribution in [2.75, 3.05) is 12.4 Å². The Labute approximate surface area is 189 Å². The second-order valence-corrected chi connectivity index (χ2v) is 7.91. The molecule has 4 rings (SSSR count). The number of anilines is 1. The van der Waals surface area contributed by atoms with Crippen molar-refractivity contribution in [3.63, 3.8) is 0 Å². The van der Waals surface area contributed by atoms with E-state index in [4.69, 9.17) is 9.72 Å². The van der Waals surface area contributed by atoms with Gasteiger partial charge in [0.05, 0.1) is 12.8 Å². The molecule has 0 bridgehead atoms. The number of ether oxygens (including phenoxy) is 1. The summed E-state index contributed by atoms with van der Waals surface area (Å²) >= 11 is 1.56. The molecule has 4 aromatic rings. The Kier molecular flexibility index (Phi) is 6.67. The van der Waals surface area contributed by atoms with Crippen LogP contribution in [0.3, 0.4) is 0 Å². The summed E-state index contributed by atoms with van der Waals surface area (Å²) < 4.78 is 5.10. The number of carbonyl (C=O) groups is 2. The van der Waals surface area contributed by atoms with E-state index >= 15 is 0 Å². The second kappa shape index (κ2) is 9.98. The maximum atomic E-state index is 12.4. The van der Waals surface area contributed by atoms with Crippen LogP contribution in [-0.2, 0) is 4.79 Å². The number of hydrogen-bond acceptors (Lipinski definition) is 6. The van der Waals surface area contributed by atoms with Crippen LogP contribution in [0, 0.1) is 0 Å². The summed E-state index contributed by atoms with van der Waals surface area (Å²) in [6.45, 7) is 0. The van der Waals surface area contributed by atoms with Crippen LogP contribution in [0.4, 0.5) is 5.69 Å². The molecule has 1 N–H and O–H groups in total. The van der Waals surface area contributed by atoms with Gasteiger partial charge >= 0.3 is 0 Å². The Morgan fingerprint density at radius 2 is 1.75 bits per heavy atom. The van der Waals surface area contributed by atoms with E-state index in [-0.39, 0.29) is 24.5 Å². The molecule has 0 fully saturated rings. The number of carbonyl (C=O) groups excluding carboxylic acids is 2. The highest BCUT2D eigenvalue weighted by molar-refractivity contribution is 7.13. The van der Waals surface area contributed by atoms with Crippen LogP contribution >= 0.6 is 11.3 Å². The maximum Gasteiger partial charge on any atom is 0.224 e. The SMILES string of the molecule is COc1ccc(C(=O)CCC(=O)Nc2cccc(-c3csc(-c4ccncc4)n3)c2)cc1. The number of rotatable bonds is 8. The molecule has 0 spiro atoms. The number of nitrogens with zero attached hydrogens (tertiary/aromatic N) is 2. The zero-order valence-corrected chi connectivity index (χ0v) is 18.3. The lowest BCUT2D eigenvalue weighted by Crippen LogP contribution is -2.13. The van der Waals surface area contributed by atoms with Crippen LogP contribution in [0.2, 0.25) is 0 Å². The summed E-state index contributed by atoms with van der Waals surface area (Å²) in [7, 11) is 1.57. The Bertz CT molecular complexity index is 1220. The van der Waals surface area contributed by atoms with Gasteiger partial charge < -0.3 is 10.1 Å². The molecule has 1 amide bonds. The minimum Gasteiger partial charge on any atom is -0.497 e. The van der Waals surface area contributed by atoms with Crippen LogP contribution in [0.25, 0.3) is 21.8 Å². The van der Waals surface area contributed by atoms with E-state index in [2.05, 4.69) is 10.3 Å². The molecule has 160 valence electrons. The highest BCUT2D eigenvalue weighted by Crippen LogP contribution is 2.29. The standard InChI is InChI=1S/C25H21N3O3S/c1-31-21-7-5-17(6-8-21)23(29)9-10-24(30)27-20-4-2-3-19(15-20)22-16-32-25(28-22)18-11-13-26-14-12-18/h2-8,11-16H,9-10H2,1H3,(H,27,30). The first-order valence-corrected chi connectivity index (χ1v) is 10.9. The summed E-state index contributed by atoms with van der Waals surface area (Å²) in [5.41, 5.74) is 4.00. The quantitative estimate of drug-likeness (QED) is 0.365. The molecular formula is C25H21N3O3S. The summed E-state index contributed by atoms with van der Waals surface area (Å²) in [5.74, 6) is 0.398. The Morgan fingerprint density at radius 3 is 2.50 bits per heavy atom. The molecule has 0 saturated heterocycles. The predicted octanol–water partition coefficient (Wildman–Crippen LogP) is 5.48. The van der Waals surface area contributed by atoms with Gasteiger partial charge in [0.25, 0.3) is 0 Å². The van der Waals surface area contributed by atoms with E-state index in [9.17, 15) is 9.59 Å². The van der Waals surface area contributed by atoms with E-state index in [0.717, 1.165) is 21.8 Å². The Balaban J connectivity index is 1.37. The molecule has 2 aromatic carbocycles. The smallest absolute Gasteiger partial charge is 0.224 e. The number of thiazole rings is 1. The minimum atomic E-state index is -0.209. The predicted molar refractivity (Wildman–Crippen MR) is 126 cm³/mol. The van der Waals surface area contributed by atoms with E-state index < -0.39 is 0 Å². The molecule has 0 aliphatic heterocycles. The molecule has 0 unspecified atom stereocenters. The van der Waals surface area contributed by atoms with Crippen LogP contribution in [0.15, 0.2) is 78.4 Å². The van der Waals surface area contributed by atoms with Crippen molar-refractivity contribution in [1.82, 2.24) is 9.97 Å². The number of hydrogen-bond donors (Lipinski definition) is 1. The number of amides is 1. The highest BCUT2D eigenvalue weighted by Gasteiger charge is 2.11. The van der Waals surface area contributed by atoms with Crippen molar-refractivity contribution in [2.24, 2.45) is 0 Å². The summed E-state index contributed by atoms with van der Waals surface area (Å²) in [6, 6.07) is 18.3. The largest absolute Gasteiger partial charge is 0.497 e. The van der Waals surface area contributed by atoms with E-state index in [1.165, 1.54) is 0 Å². The van der Waals surface area contributed by atoms with Crippen molar-refractivity contribution in [3.8, 4) is 27.6 Å². The summed E-state index contributed by atoms with van der Waals surface area (Å²) in [6.07, 6.45) is 3.73. The normalized spacial score (nSPS) is 10.5. The van der Waals surface area contributed by atoms with Gasteiger partial charge in [0.1, 0.15) is 10.8 Å². The molecule has 6 nitrogen and oxygen atoms in total. The van der Waals surface area contributed by atoms with Gasteiger partial charge in [0, 0.05) is 53.0 Å². The Hall–Kier alpha value is -3.84. The molecular weight excluding hydrogens is 422 g/mol. The fourth-order valence-electron chi connectivity index (χ4n) is 3.16. The van der Waals surface area contributed by atoms with E-state index in [1.54, 1.807) is 55.1 Å². The Morgan fingerprint density at radius 1 is 0.969 bits per heavy atom. The van der Waals surface area contributed by atoms with Gasteiger partial charge in [0.15, 0.2) is 5.78 Å². The average Bonchev–Trinajstić information content (AvgIpc) is 3.34. The molecule has 0 atom stereocenters. The lowest BCUT2D eigenvalue weighted by Gasteiger charge is -2.07. The van der Waals surface area contributed by atoms with Gasteiger partial charge in [0.2, 0.25) is 5.91 Å². The van der Waals surface area contributed by atoms with Crippen molar-refractivity contribution >= 4 is 28.7 Å². The second-order valence-electron chi connectivity index (χ2n) is 7.05. The molecule has 2 heterocycles. The monoisotopic (exact) mass is 443 g/mol. The summed E-state index contributed by atoms with van der Waals surface area (Å²) in [4.78, 5) is 33.4. The number of aromatic nitrogens is 2. The molecule has 0 aliphatic rings. The minimum absolute atomic E-state index is 0.0809. The zero-order valence-electron chi connectivity index (χ0n) is 17.4. The fourth-order valence-corrected chi connectivity index (χ4v) is 4.00. The van der Waals surface area contributed by atoms with Crippen molar-refractivity contribution < 1.29 is 14.3 Å². The van der Waals surface area contributed by atoms with E-state index in [1.807, 2.05) is 41.8 Å². The van der Waals surface area contributed by atoms with Crippen LogP contribution in [0.1, 0.15) is 23.2 Å². The number of Topliss-reactive ketones (excluding diaryl/α,β-unsaturated/α-hetero) is 1. The van der Waals surface area contributed by atoms with Crippen LogP contribution in [0.5, 0.6) is 5.75 Å². The third-order valence-corrected chi connectivity index (χ3v) is 5.76. The first-order valence-electron chi connectivity index (χ1n) is 10.1. The van der Waals surface area contributed by atoms with Crippen molar-refractivity contribution in [3.05, 3.63) is 84.0 Å².